The molecule has 6 heteroatoms. The quantitative estimate of drug-likeness (QED) is 0.670. The number of nitrogens with zero attached hydrogens (tertiary/aromatic N) is 1. The normalized spacial score (nSPS) is 12.3. The lowest BCUT2D eigenvalue weighted by Crippen LogP contribution is -2.17. The topological polar surface area (TPSA) is 68.3 Å². The van der Waals surface area contributed by atoms with Gasteiger partial charge in [-0.15, -0.1) is 0 Å². The highest BCUT2D eigenvalue weighted by Gasteiger charge is 2.13. The van der Waals surface area contributed by atoms with Crippen LogP contribution in [0.15, 0.2) is 41.0 Å². The van der Waals surface area contributed by atoms with Crippen LogP contribution in [0.5, 0.6) is 0 Å². The van der Waals surface area contributed by atoms with Gasteiger partial charge in [-0.2, -0.15) is 0 Å². The van der Waals surface area contributed by atoms with E-state index in [4.69, 9.17) is 16.0 Å². The molecular weight excluding hydrogens is 268 g/mol. The summed E-state index contributed by atoms with van der Waals surface area (Å²) >= 11 is 5.76. The largest absolute Gasteiger partial charge is 0.468 e. The van der Waals surface area contributed by atoms with Crippen LogP contribution < -0.4 is 5.32 Å². The summed E-state index contributed by atoms with van der Waals surface area (Å²) in [7, 11) is 0. The molecule has 0 spiro atoms. The third kappa shape index (κ3) is 3.33. The smallest absolute Gasteiger partial charge is 0.288 e. The van der Waals surface area contributed by atoms with E-state index in [0.29, 0.717) is 6.54 Å². The fourth-order valence-corrected chi connectivity index (χ4v) is 1.90. The molecular formula is C13H13ClN2O3. The van der Waals surface area contributed by atoms with Crippen molar-refractivity contribution in [1.29, 1.82) is 0 Å². The minimum Gasteiger partial charge on any atom is -0.468 e. The minimum atomic E-state index is -0.484. The summed E-state index contributed by atoms with van der Waals surface area (Å²) in [6.45, 7) is 2.46. The molecule has 100 valence electrons. The fourth-order valence-electron chi connectivity index (χ4n) is 1.72. The predicted octanol–water partition coefficient (Wildman–Crippen LogP) is 3.69. The molecule has 2 aromatic rings. The first-order valence-corrected chi connectivity index (χ1v) is 6.15. The monoisotopic (exact) mass is 280 g/mol. The lowest BCUT2D eigenvalue weighted by Gasteiger charge is -2.11. The number of nitro benzene ring substituents is 1. The molecule has 2 rings (SSSR count). The number of nitro groups is 1. The Bertz CT molecular complexity index is 569. The molecule has 1 N–H and O–H groups in total. The molecule has 0 aliphatic rings. The van der Waals surface area contributed by atoms with E-state index >= 15 is 0 Å². The van der Waals surface area contributed by atoms with Gasteiger partial charge in [-0.1, -0.05) is 17.7 Å². The molecule has 1 aromatic heterocycles. The van der Waals surface area contributed by atoms with Crippen LogP contribution in [0.2, 0.25) is 5.02 Å². The summed E-state index contributed by atoms with van der Waals surface area (Å²) in [4.78, 5) is 10.3. The van der Waals surface area contributed by atoms with Crippen molar-refractivity contribution in [2.45, 2.75) is 19.5 Å². The first-order valence-electron chi connectivity index (χ1n) is 5.77. The van der Waals surface area contributed by atoms with E-state index < -0.39 is 4.92 Å². The van der Waals surface area contributed by atoms with Gasteiger partial charge < -0.3 is 9.73 Å². The van der Waals surface area contributed by atoms with Crippen LogP contribution in [-0.4, -0.2) is 4.92 Å². The van der Waals surface area contributed by atoms with Crippen molar-refractivity contribution >= 4 is 17.3 Å². The molecule has 0 bridgehead atoms. The number of hydrogen-bond acceptors (Lipinski definition) is 4. The van der Waals surface area contributed by atoms with E-state index in [0.717, 1.165) is 11.3 Å². The summed E-state index contributed by atoms with van der Waals surface area (Å²) in [6.07, 6.45) is 1.61. The van der Waals surface area contributed by atoms with Gasteiger partial charge in [0, 0.05) is 12.6 Å². The molecule has 0 saturated carbocycles. The van der Waals surface area contributed by atoms with Crippen molar-refractivity contribution in [3.63, 3.8) is 0 Å². The molecule has 1 atom stereocenters. The van der Waals surface area contributed by atoms with E-state index in [1.165, 1.54) is 12.1 Å². The lowest BCUT2D eigenvalue weighted by atomic mass is 10.2. The molecule has 0 amide bonds. The van der Waals surface area contributed by atoms with Crippen molar-refractivity contribution < 1.29 is 9.34 Å². The van der Waals surface area contributed by atoms with Gasteiger partial charge in [-0.25, -0.2) is 0 Å². The Morgan fingerprint density at radius 2 is 2.26 bits per heavy atom. The highest BCUT2D eigenvalue weighted by Crippen LogP contribution is 2.25. The molecule has 0 aliphatic carbocycles. The molecule has 0 fully saturated rings. The minimum absolute atomic E-state index is 0.0322. The second-order valence-corrected chi connectivity index (χ2v) is 4.57. The molecule has 0 aliphatic heterocycles. The molecule has 0 saturated heterocycles. The van der Waals surface area contributed by atoms with Crippen LogP contribution in [0.3, 0.4) is 0 Å². The van der Waals surface area contributed by atoms with Crippen LogP contribution in [0, 0.1) is 10.1 Å². The summed E-state index contributed by atoms with van der Waals surface area (Å²) in [5, 5.41) is 14.2. The number of rotatable bonds is 5. The van der Waals surface area contributed by atoms with Gasteiger partial charge >= 0.3 is 0 Å². The Labute approximate surface area is 115 Å². The number of hydrogen-bond donors (Lipinski definition) is 1. The van der Waals surface area contributed by atoms with Crippen LogP contribution in [0.1, 0.15) is 24.3 Å². The number of furan rings is 1. The Hall–Kier alpha value is -1.85. The van der Waals surface area contributed by atoms with E-state index in [9.17, 15) is 10.1 Å². The molecule has 19 heavy (non-hydrogen) atoms. The fraction of sp³-hybridized carbons (Fsp3) is 0.231. The average molecular weight is 281 g/mol. The zero-order valence-corrected chi connectivity index (χ0v) is 11.1. The van der Waals surface area contributed by atoms with Gasteiger partial charge in [-0.05, 0) is 30.7 Å². The lowest BCUT2D eigenvalue weighted by molar-refractivity contribution is -0.384. The van der Waals surface area contributed by atoms with Crippen molar-refractivity contribution in [1.82, 2.24) is 5.32 Å². The summed E-state index contributed by atoms with van der Waals surface area (Å²) in [6, 6.07) is 8.50. The van der Waals surface area contributed by atoms with Crippen LogP contribution in [0.25, 0.3) is 0 Å². The van der Waals surface area contributed by atoms with Gasteiger partial charge in [0.15, 0.2) is 0 Å². The average Bonchev–Trinajstić information content (AvgIpc) is 2.91. The van der Waals surface area contributed by atoms with Gasteiger partial charge in [-0.3, -0.25) is 10.1 Å². The SMILES string of the molecule is C[C@H](NCc1ccc(Cl)c([N+](=O)[O-])c1)c1ccco1. The third-order valence-electron chi connectivity index (χ3n) is 2.79. The Morgan fingerprint density at radius 3 is 2.89 bits per heavy atom. The van der Waals surface area contributed by atoms with E-state index in [-0.39, 0.29) is 16.8 Å². The Morgan fingerprint density at radius 1 is 1.47 bits per heavy atom. The van der Waals surface area contributed by atoms with Crippen molar-refractivity contribution in [2.75, 3.05) is 0 Å². The molecule has 5 nitrogen and oxygen atoms in total. The summed E-state index contributed by atoms with van der Waals surface area (Å²) < 4.78 is 5.27. The van der Waals surface area contributed by atoms with Crippen molar-refractivity contribution in [3.05, 3.63) is 63.1 Å². The van der Waals surface area contributed by atoms with E-state index in [1.54, 1.807) is 12.3 Å². The highest BCUT2D eigenvalue weighted by atomic mass is 35.5. The molecule has 0 radical (unpaired) electrons. The van der Waals surface area contributed by atoms with Gasteiger partial charge in [0.1, 0.15) is 10.8 Å². The maximum Gasteiger partial charge on any atom is 0.288 e. The standard InChI is InChI=1S/C13H13ClN2O3/c1-9(13-3-2-6-19-13)15-8-10-4-5-11(14)12(7-10)16(17)18/h2-7,9,15H,8H2,1H3/t9-/m0/s1. The highest BCUT2D eigenvalue weighted by molar-refractivity contribution is 6.32. The molecule has 0 unspecified atom stereocenters. The maximum atomic E-state index is 10.8. The van der Waals surface area contributed by atoms with E-state index in [1.807, 2.05) is 19.1 Å². The number of halogens is 1. The molecule has 1 aromatic carbocycles. The van der Waals surface area contributed by atoms with Crippen molar-refractivity contribution in [3.8, 4) is 0 Å². The Balaban J connectivity index is 2.04. The van der Waals surface area contributed by atoms with Crippen LogP contribution >= 0.6 is 11.6 Å². The Kier molecular flexibility index (Phi) is 4.19. The first-order chi connectivity index (χ1) is 9.08. The third-order valence-corrected chi connectivity index (χ3v) is 3.11. The summed E-state index contributed by atoms with van der Waals surface area (Å²) in [5.41, 5.74) is 0.723. The van der Waals surface area contributed by atoms with Crippen LogP contribution in [0.4, 0.5) is 5.69 Å². The van der Waals surface area contributed by atoms with Crippen LogP contribution in [-0.2, 0) is 6.54 Å². The molecule has 1 heterocycles. The maximum absolute atomic E-state index is 10.8. The zero-order valence-electron chi connectivity index (χ0n) is 10.3. The van der Waals surface area contributed by atoms with Crippen molar-refractivity contribution in [2.24, 2.45) is 0 Å². The second-order valence-electron chi connectivity index (χ2n) is 4.16. The number of nitrogens with one attached hydrogen (secondary N) is 1. The van der Waals surface area contributed by atoms with Gasteiger partial charge in [0.25, 0.3) is 5.69 Å². The van der Waals surface area contributed by atoms with Gasteiger partial charge in [0.05, 0.1) is 17.2 Å². The first kappa shape index (κ1) is 13.6. The second kappa shape index (κ2) is 5.86. The zero-order chi connectivity index (χ0) is 13.8. The summed E-state index contributed by atoms with van der Waals surface area (Å²) in [5.74, 6) is 0.823. The predicted molar refractivity (Wildman–Crippen MR) is 72.1 cm³/mol. The number of benzene rings is 1. The van der Waals surface area contributed by atoms with Gasteiger partial charge in [0.2, 0.25) is 0 Å². The van der Waals surface area contributed by atoms with E-state index in [2.05, 4.69) is 5.32 Å².